The summed E-state index contributed by atoms with van der Waals surface area (Å²) in [6, 6.07) is 5.14. The van der Waals surface area contributed by atoms with E-state index < -0.39 is 0 Å². The number of halogens is 1. The van der Waals surface area contributed by atoms with Crippen LogP contribution in [0.3, 0.4) is 0 Å². The Bertz CT molecular complexity index is 305. The third-order valence-corrected chi connectivity index (χ3v) is 2.51. The van der Waals surface area contributed by atoms with Crippen molar-refractivity contribution in [3.05, 3.63) is 35.1 Å². The largest absolute Gasteiger partial charge is 0.330 e. The summed E-state index contributed by atoms with van der Waals surface area (Å²) in [6.45, 7) is 6.36. The van der Waals surface area contributed by atoms with Crippen LogP contribution in [0.15, 0.2) is 18.2 Å². The highest BCUT2D eigenvalue weighted by molar-refractivity contribution is 5.33. The second-order valence-corrected chi connectivity index (χ2v) is 4.00. The highest BCUT2D eigenvalue weighted by Crippen LogP contribution is 2.26. The molecule has 1 rings (SSSR count). The van der Waals surface area contributed by atoms with Gasteiger partial charge < -0.3 is 5.73 Å². The van der Waals surface area contributed by atoms with E-state index >= 15 is 0 Å². The fourth-order valence-electron chi connectivity index (χ4n) is 1.45. The molecule has 2 N–H and O–H groups in total. The van der Waals surface area contributed by atoms with E-state index in [9.17, 15) is 4.39 Å². The molecule has 0 radical (unpaired) electrons. The molecule has 1 aromatic rings. The van der Waals surface area contributed by atoms with Crippen molar-refractivity contribution < 1.29 is 4.39 Å². The van der Waals surface area contributed by atoms with Crippen LogP contribution in [0.25, 0.3) is 0 Å². The molecule has 0 saturated heterocycles. The zero-order valence-electron chi connectivity index (χ0n) is 8.39. The predicted molar refractivity (Wildman–Crippen MR) is 53.2 cm³/mol. The van der Waals surface area contributed by atoms with Crippen molar-refractivity contribution in [1.29, 1.82) is 0 Å². The van der Waals surface area contributed by atoms with Crippen molar-refractivity contribution >= 4 is 0 Å². The third kappa shape index (κ3) is 1.89. The molecule has 0 amide bonds. The topological polar surface area (TPSA) is 26.0 Å². The zero-order chi connectivity index (χ0) is 10.1. The second-order valence-electron chi connectivity index (χ2n) is 4.00. The normalized spacial score (nSPS) is 11.8. The Balaban J connectivity index is 3.22. The van der Waals surface area contributed by atoms with Gasteiger partial charge in [0.25, 0.3) is 0 Å². The lowest BCUT2D eigenvalue weighted by Gasteiger charge is -2.25. The SMILES string of the molecule is Cc1c(F)cccc1C(C)(C)CN. The van der Waals surface area contributed by atoms with E-state index in [2.05, 4.69) is 0 Å². The molecule has 0 fully saturated rings. The van der Waals surface area contributed by atoms with Crippen molar-refractivity contribution in [3.63, 3.8) is 0 Å². The van der Waals surface area contributed by atoms with E-state index in [-0.39, 0.29) is 11.2 Å². The van der Waals surface area contributed by atoms with E-state index in [4.69, 9.17) is 5.73 Å². The molecule has 0 aliphatic carbocycles. The van der Waals surface area contributed by atoms with Crippen LogP contribution in [-0.2, 0) is 5.41 Å². The lowest BCUT2D eigenvalue weighted by Crippen LogP contribution is -2.29. The number of rotatable bonds is 2. The first-order valence-electron chi connectivity index (χ1n) is 4.44. The summed E-state index contributed by atoms with van der Waals surface area (Å²) in [4.78, 5) is 0. The quantitative estimate of drug-likeness (QED) is 0.744. The summed E-state index contributed by atoms with van der Waals surface area (Å²) in [7, 11) is 0. The van der Waals surface area contributed by atoms with Gasteiger partial charge in [0.05, 0.1) is 0 Å². The third-order valence-electron chi connectivity index (χ3n) is 2.51. The second kappa shape index (κ2) is 3.46. The Morgan fingerprint density at radius 1 is 1.38 bits per heavy atom. The smallest absolute Gasteiger partial charge is 0.126 e. The van der Waals surface area contributed by atoms with Crippen LogP contribution in [0, 0.1) is 12.7 Å². The average Bonchev–Trinajstić information content (AvgIpc) is 2.09. The molecule has 13 heavy (non-hydrogen) atoms. The summed E-state index contributed by atoms with van der Waals surface area (Å²) in [6.07, 6.45) is 0. The first kappa shape index (κ1) is 10.2. The Hall–Kier alpha value is -0.890. The van der Waals surface area contributed by atoms with E-state index in [1.165, 1.54) is 6.07 Å². The number of nitrogens with two attached hydrogens (primary N) is 1. The van der Waals surface area contributed by atoms with Gasteiger partial charge in [0.15, 0.2) is 0 Å². The molecule has 0 aliphatic rings. The van der Waals surface area contributed by atoms with E-state index in [1.807, 2.05) is 19.9 Å². The molecule has 0 bridgehead atoms. The standard InChI is InChI=1S/C11H16FN/c1-8-9(11(2,3)7-13)5-4-6-10(8)12/h4-6H,7,13H2,1-3H3. The van der Waals surface area contributed by atoms with Crippen molar-refractivity contribution in [2.45, 2.75) is 26.2 Å². The highest BCUT2D eigenvalue weighted by Gasteiger charge is 2.21. The molecule has 0 unspecified atom stereocenters. The number of benzene rings is 1. The molecule has 0 heterocycles. The summed E-state index contributed by atoms with van der Waals surface area (Å²) < 4.78 is 13.2. The maximum atomic E-state index is 13.2. The Kier molecular flexibility index (Phi) is 2.71. The van der Waals surface area contributed by atoms with Gasteiger partial charge in [-0.2, -0.15) is 0 Å². The first-order valence-corrected chi connectivity index (χ1v) is 4.44. The van der Waals surface area contributed by atoms with Crippen molar-refractivity contribution in [3.8, 4) is 0 Å². The maximum Gasteiger partial charge on any atom is 0.126 e. The van der Waals surface area contributed by atoms with Crippen LogP contribution >= 0.6 is 0 Å². The lowest BCUT2D eigenvalue weighted by molar-refractivity contribution is 0.524. The first-order chi connectivity index (χ1) is 5.99. The van der Waals surface area contributed by atoms with Crippen molar-refractivity contribution in [2.75, 3.05) is 6.54 Å². The van der Waals surface area contributed by atoms with E-state index in [0.717, 1.165) is 5.56 Å². The highest BCUT2D eigenvalue weighted by atomic mass is 19.1. The summed E-state index contributed by atoms with van der Waals surface area (Å²) in [5.41, 5.74) is 7.19. The fourth-order valence-corrected chi connectivity index (χ4v) is 1.45. The van der Waals surface area contributed by atoms with Crippen LogP contribution in [0.1, 0.15) is 25.0 Å². The Morgan fingerprint density at radius 2 is 2.00 bits per heavy atom. The van der Waals surface area contributed by atoms with Crippen LogP contribution < -0.4 is 5.73 Å². The van der Waals surface area contributed by atoms with E-state index in [0.29, 0.717) is 12.1 Å². The van der Waals surface area contributed by atoms with Gasteiger partial charge in [-0.15, -0.1) is 0 Å². The molecule has 0 atom stereocenters. The maximum absolute atomic E-state index is 13.2. The molecule has 0 aromatic heterocycles. The molecule has 1 aromatic carbocycles. The van der Waals surface area contributed by atoms with Gasteiger partial charge in [-0.05, 0) is 24.1 Å². The van der Waals surface area contributed by atoms with Gasteiger partial charge in [0.1, 0.15) is 5.82 Å². The van der Waals surface area contributed by atoms with Gasteiger partial charge in [-0.3, -0.25) is 0 Å². The summed E-state index contributed by atoms with van der Waals surface area (Å²) in [5.74, 6) is -0.154. The van der Waals surface area contributed by atoms with Crippen LogP contribution in [0.2, 0.25) is 0 Å². The van der Waals surface area contributed by atoms with Gasteiger partial charge >= 0.3 is 0 Å². The minimum Gasteiger partial charge on any atom is -0.330 e. The van der Waals surface area contributed by atoms with Crippen LogP contribution in [-0.4, -0.2) is 6.54 Å². The number of hydrogen-bond acceptors (Lipinski definition) is 1. The minimum absolute atomic E-state index is 0.147. The van der Waals surface area contributed by atoms with Crippen LogP contribution in [0.5, 0.6) is 0 Å². The Labute approximate surface area is 78.8 Å². The van der Waals surface area contributed by atoms with Gasteiger partial charge in [-0.1, -0.05) is 26.0 Å². The molecule has 72 valence electrons. The fraction of sp³-hybridized carbons (Fsp3) is 0.455. The molecule has 0 aliphatic heterocycles. The van der Waals surface area contributed by atoms with Gasteiger partial charge in [-0.25, -0.2) is 4.39 Å². The van der Waals surface area contributed by atoms with Gasteiger partial charge in [0.2, 0.25) is 0 Å². The van der Waals surface area contributed by atoms with Crippen molar-refractivity contribution in [1.82, 2.24) is 0 Å². The van der Waals surface area contributed by atoms with E-state index in [1.54, 1.807) is 13.0 Å². The van der Waals surface area contributed by atoms with Gasteiger partial charge in [0, 0.05) is 12.0 Å². The Morgan fingerprint density at radius 3 is 2.54 bits per heavy atom. The summed E-state index contributed by atoms with van der Waals surface area (Å²) in [5, 5.41) is 0. The monoisotopic (exact) mass is 181 g/mol. The van der Waals surface area contributed by atoms with Crippen LogP contribution in [0.4, 0.5) is 4.39 Å². The predicted octanol–water partition coefficient (Wildman–Crippen LogP) is 2.37. The molecule has 0 saturated carbocycles. The molecule has 0 spiro atoms. The summed E-state index contributed by atoms with van der Waals surface area (Å²) >= 11 is 0. The minimum atomic E-state index is -0.154. The molecular formula is C11H16FN. The number of hydrogen-bond donors (Lipinski definition) is 1. The molecule has 2 heteroatoms. The lowest BCUT2D eigenvalue weighted by atomic mass is 9.82. The zero-order valence-corrected chi connectivity index (χ0v) is 8.39. The molecular weight excluding hydrogens is 165 g/mol. The van der Waals surface area contributed by atoms with Crippen molar-refractivity contribution in [2.24, 2.45) is 5.73 Å². The molecule has 1 nitrogen and oxygen atoms in total. The average molecular weight is 181 g/mol.